The van der Waals surface area contributed by atoms with Gasteiger partial charge < -0.3 is 10.1 Å². The van der Waals surface area contributed by atoms with Crippen molar-refractivity contribution in [3.8, 4) is 5.75 Å². The number of piperidine rings is 1. The van der Waals surface area contributed by atoms with Crippen LogP contribution in [0.4, 0.5) is 0 Å². The van der Waals surface area contributed by atoms with Crippen LogP contribution in [0.5, 0.6) is 5.75 Å². The maximum absolute atomic E-state index is 12.5. The molecule has 0 aliphatic carbocycles. The molecule has 1 saturated heterocycles. The van der Waals surface area contributed by atoms with E-state index < -0.39 is 0 Å². The molecule has 164 valence electrons. The van der Waals surface area contributed by atoms with Gasteiger partial charge in [0.2, 0.25) is 0 Å². The third-order valence-electron chi connectivity index (χ3n) is 5.58. The number of carbonyl (C=O) groups is 1. The third kappa shape index (κ3) is 6.53. The van der Waals surface area contributed by atoms with Crippen LogP contribution in [0.2, 0.25) is 0 Å². The van der Waals surface area contributed by atoms with Crippen molar-refractivity contribution in [3.05, 3.63) is 102 Å². The number of ether oxygens (including phenoxy) is 1. The Kier molecular flexibility index (Phi) is 7.66. The monoisotopic (exact) mass is 427 g/mol. The highest BCUT2D eigenvalue weighted by Gasteiger charge is 2.20. The van der Waals surface area contributed by atoms with E-state index >= 15 is 0 Å². The highest BCUT2D eigenvalue weighted by Crippen LogP contribution is 2.20. The fraction of sp³-hybridized carbons (Fsp3) is 0.259. The van der Waals surface area contributed by atoms with E-state index in [9.17, 15) is 4.79 Å². The second-order valence-corrected chi connectivity index (χ2v) is 8.00. The number of aromatic nitrogens is 1. The lowest BCUT2D eigenvalue weighted by atomic mass is 10.1. The van der Waals surface area contributed by atoms with Crippen LogP contribution < -0.4 is 10.1 Å². The molecule has 0 spiro atoms. The van der Waals surface area contributed by atoms with Gasteiger partial charge in [0, 0.05) is 44.1 Å². The van der Waals surface area contributed by atoms with Gasteiger partial charge in [-0.1, -0.05) is 54.6 Å². The van der Waals surface area contributed by atoms with Gasteiger partial charge in [0.15, 0.2) is 0 Å². The number of likely N-dealkylation sites (tertiary alicyclic amines) is 1. The molecule has 0 bridgehead atoms. The van der Waals surface area contributed by atoms with Gasteiger partial charge in [0.05, 0.1) is 0 Å². The molecule has 2 heterocycles. The Morgan fingerprint density at radius 3 is 2.69 bits per heavy atom. The Labute approximate surface area is 189 Å². The van der Waals surface area contributed by atoms with E-state index in [1.807, 2.05) is 42.5 Å². The number of amides is 1. The molecule has 5 nitrogen and oxygen atoms in total. The first-order valence-corrected chi connectivity index (χ1v) is 11.1. The number of hydrogen-bond donors (Lipinski definition) is 1. The average molecular weight is 428 g/mol. The summed E-state index contributed by atoms with van der Waals surface area (Å²) in [6.45, 7) is 3.42. The Hall–Kier alpha value is -3.44. The zero-order valence-electron chi connectivity index (χ0n) is 18.2. The highest BCUT2D eigenvalue weighted by molar-refractivity contribution is 5.94. The lowest BCUT2D eigenvalue weighted by Crippen LogP contribution is -2.38. The van der Waals surface area contributed by atoms with Crippen LogP contribution in [0, 0.1) is 0 Å². The Morgan fingerprint density at radius 1 is 1.06 bits per heavy atom. The van der Waals surface area contributed by atoms with Crippen molar-refractivity contribution < 1.29 is 9.53 Å². The van der Waals surface area contributed by atoms with Gasteiger partial charge in [-0.25, -0.2) is 0 Å². The molecule has 1 fully saturated rings. The van der Waals surface area contributed by atoms with Gasteiger partial charge in [-0.05, 0) is 48.2 Å². The number of hydrogen-bond acceptors (Lipinski definition) is 4. The fourth-order valence-electron chi connectivity index (χ4n) is 3.80. The Bertz CT molecular complexity index is 1010. The van der Waals surface area contributed by atoms with E-state index in [1.54, 1.807) is 12.4 Å². The maximum Gasteiger partial charge on any atom is 0.251 e. The minimum Gasteiger partial charge on any atom is -0.490 e. The SMILES string of the molecule is O=C(NCc1cccnc1)c1cccc(OC2CCN(CC=Cc3ccccc3)CC2)c1. The summed E-state index contributed by atoms with van der Waals surface area (Å²) < 4.78 is 6.20. The lowest BCUT2D eigenvalue weighted by Gasteiger charge is -2.31. The number of nitrogens with zero attached hydrogens (tertiary/aromatic N) is 2. The average Bonchev–Trinajstić information content (AvgIpc) is 2.85. The molecule has 0 unspecified atom stereocenters. The van der Waals surface area contributed by atoms with Crippen LogP contribution >= 0.6 is 0 Å². The summed E-state index contributed by atoms with van der Waals surface area (Å²) in [5.74, 6) is 0.640. The summed E-state index contributed by atoms with van der Waals surface area (Å²) in [6, 6.07) is 21.6. The summed E-state index contributed by atoms with van der Waals surface area (Å²) in [4.78, 5) is 19.0. The molecule has 3 aromatic rings. The van der Waals surface area contributed by atoms with Gasteiger partial charge in [-0.3, -0.25) is 14.7 Å². The van der Waals surface area contributed by atoms with Crippen LogP contribution in [0.25, 0.3) is 6.08 Å². The van der Waals surface area contributed by atoms with E-state index in [4.69, 9.17) is 4.74 Å². The second-order valence-electron chi connectivity index (χ2n) is 8.00. The molecule has 2 aromatic carbocycles. The third-order valence-corrected chi connectivity index (χ3v) is 5.58. The number of nitrogens with one attached hydrogen (secondary N) is 1. The van der Waals surface area contributed by atoms with E-state index in [2.05, 4.69) is 51.6 Å². The van der Waals surface area contributed by atoms with Crippen molar-refractivity contribution in [2.24, 2.45) is 0 Å². The molecular weight excluding hydrogens is 398 g/mol. The molecule has 4 rings (SSSR count). The standard InChI is InChI=1S/C27H29N3O2/c31-27(29-21-23-9-5-15-28-20-23)24-11-4-12-26(19-24)32-25-13-17-30(18-14-25)16-6-10-22-7-2-1-3-8-22/h1-12,15,19-20,25H,13-14,16-18,21H2,(H,29,31). The second kappa shape index (κ2) is 11.3. The Morgan fingerprint density at radius 2 is 1.91 bits per heavy atom. The van der Waals surface area contributed by atoms with Gasteiger partial charge in [-0.15, -0.1) is 0 Å². The summed E-state index contributed by atoms with van der Waals surface area (Å²) >= 11 is 0. The minimum atomic E-state index is -0.112. The molecule has 32 heavy (non-hydrogen) atoms. The molecule has 1 aliphatic rings. The number of benzene rings is 2. The van der Waals surface area contributed by atoms with E-state index in [0.717, 1.165) is 43.8 Å². The first kappa shape index (κ1) is 21.8. The van der Waals surface area contributed by atoms with Gasteiger partial charge in [0.25, 0.3) is 5.91 Å². The van der Waals surface area contributed by atoms with Crippen molar-refractivity contribution in [2.45, 2.75) is 25.5 Å². The Balaban J connectivity index is 1.23. The van der Waals surface area contributed by atoms with E-state index in [0.29, 0.717) is 12.1 Å². The zero-order chi connectivity index (χ0) is 22.0. The summed E-state index contributed by atoms with van der Waals surface area (Å²) in [5, 5.41) is 2.94. The molecule has 1 aliphatic heterocycles. The van der Waals surface area contributed by atoms with Crippen molar-refractivity contribution in [3.63, 3.8) is 0 Å². The van der Waals surface area contributed by atoms with Gasteiger partial charge in [-0.2, -0.15) is 0 Å². The van der Waals surface area contributed by atoms with Crippen molar-refractivity contribution in [2.75, 3.05) is 19.6 Å². The minimum absolute atomic E-state index is 0.112. The van der Waals surface area contributed by atoms with E-state index in [-0.39, 0.29) is 12.0 Å². The molecule has 0 atom stereocenters. The lowest BCUT2D eigenvalue weighted by molar-refractivity contribution is 0.0946. The first-order valence-electron chi connectivity index (χ1n) is 11.1. The summed E-state index contributed by atoms with van der Waals surface area (Å²) in [6.07, 6.45) is 10.0. The normalized spacial score (nSPS) is 15.0. The molecule has 1 amide bonds. The molecule has 1 N–H and O–H groups in total. The van der Waals surface area contributed by atoms with Crippen LogP contribution in [0.15, 0.2) is 85.2 Å². The van der Waals surface area contributed by atoms with Gasteiger partial charge >= 0.3 is 0 Å². The van der Waals surface area contributed by atoms with E-state index in [1.165, 1.54) is 5.56 Å². The zero-order valence-corrected chi connectivity index (χ0v) is 18.2. The predicted octanol–water partition coefficient (Wildman–Crippen LogP) is 4.57. The molecule has 0 radical (unpaired) electrons. The topological polar surface area (TPSA) is 54.5 Å². The molecule has 5 heteroatoms. The van der Waals surface area contributed by atoms with Crippen LogP contribution in [0.3, 0.4) is 0 Å². The highest BCUT2D eigenvalue weighted by atomic mass is 16.5. The smallest absolute Gasteiger partial charge is 0.251 e. The summed E-state index contributed by atoms with van der Waals surface area (Å²) in [5.41, 5.74) is 2.81. The van der Waals surface area contributed by atoms with Crippen LogP contribution in [-0.2, 0) is 6.54 Å². The number of carbonyl (C=O) groups excluding carboxylic acids is 1. The number of pyridine rings is 1. The van der Waals surface area contributed by atoms with Crippen LogP contribution in [-0.4, -0.2) is 41.5 Å². The fourth-order valence-corrected chi connectivity index (χ4v) is 3.80. The van der Waals surface area contributed by atoms with Gasteiger partial charge in [0.1, 0.15) is 11.9 Å². The van der Waals surface area contributed by atoms with Crippen LogP contribution in [0.1, 0.15) is 34.3 Å². The van der Waals surface area contributed by atoms with Crippen molar-refractivity contribution >= 4 is 12.0 Å². The summed E-state index contributed by atoms with van der Waals surface area (Å²) in [7, 11) is 0. The maximum atomic E-state index is 12.5. The molecular formula is C27H29N3O2. The largest absolute Gasteiger partial charge is 0.490 e. The first-order chi connectivity index (χ1) is 15.8. The molecule has 0 saturated carbocycles. The molecule has 1 aromatic heterocycles. The van der Waals surface area contributed by atoms with Crippen molar-refractivity contribution in [1.82, 2.24) is 15.2 Å². The quantitative estimate of drug-likeness (QED) is 0.572. The predicted molar refractivity (Wildman–Crippen MR) is 127 cm³/mol. The number of rotatable bonds is 8. The van der Waals surface area contributed by atoms with Crippen molar-refractivity contribution in [1.29, 1.82) is 0 Å².